The molecule has 30 heteroatoms. The van der Waals surface area contributed by atoms with Crippen molar-refractivity contribution >= 4 is 174 Å². The number of nitrogens with one attached hydrogen (secondary N) is 1. The van der Waals surface area contributed by atoms with Gasteiger partial charge in [-0.05, 0) is 90.7 Å². The number of hydrogen-bond acceptors (Lipinski definition) is 21. The predicted octanol–water partition coefficient (Wildman–Crippen LogP) is 12.1. The third-order valence-corrected chi connectivity index (χ3v) is 13.4. The molecule has 0 aliphatic rings. The second-order valence-electron chi connectivity index (χ2n) is 10.8. The van der Waals surface area contributed by atoms with E-state index >= 15 is 0 Å². The first kappa shape index (κ1) is 61.8. The van der Waals surface area contributed by atoms with Gasteiger partial charge in [0.05, 0.1) is 30.6 Å². The molecule has 0 spiro atoms. The first-order chi connectivity index (χ1) is 30.5. The number of rotatable bonds is 12. The van der Waals surface area contributed by atoms with Crippen LogP contribution in [0.15, 0.2) is 69.0 Å². The zero-order valence-electron chi connectivity index (χ0n) is 34.8. The minimum atomic E-state index is -0.602. The molecule has 0 aliphatic heterocycles. The number of ether oxygens (including phenoxy) is 2. The fourth-order valence-electron chi connectivity index (χ4n) is 3.74. The van der Waals surface area contributed by atoms with Crippen LogP contribution in [-0.4, -0.2) is 81.2 Å². The van der Waals surface area contributed by atoms with Crippen LogP contribution in [0.25, 0.3) is 0 Å². The van der Waals surface area contributed by atoms with Crippen LogP contribution in [0.2, 0.25) is 5.15 Å². The topological polar surface area (TPSA) is 236 Å². The summed E-state index contributed by atoms with van der Waals surface area (Å²) in [7, 11) is 7.22. The van der Waals surface area contributed by atoms with Crippen molar-refractivity contribution in [2.24, 2.45) is 10.0 Å². The van der Waals surface area contributed by atoms with Crippen LogP contribution < -0.4 is 25.4 Å². The molecular weight excluding hydrogens is 1280 g/mol. The first-order valence-electron chi connectivity index (χ1n) is 17.7. The van der Waals surface area contributed by atoms with Crippen molar-refractivity contribution in [3.05, 3.63) is 110 Å². The number of thiol groups is 1. The molecule has 1 radical (unpaired) electrons. The van der Waals surface area contributed by atoms with Gasteiger partial charge in [-0.2, -0.15) is 9.97 Å². The van der Waals surface area contributed by atoms with Gasteiger partial charge in [0, 0.05) is 87.0 Å². The zero-order chi connectivity index (χ0) is 48.6. The Balaban J connectivity index is 0.000000793. The number of nitro groups is 2. The number of hydrogen-bond donors (Lipinski definition) is 3. The average Bonchev–Trinajstić information content (AvgIpc) is 4.09. The number of nitrogens with zero attached hydrogens (tertiary/aromatic N) is 10. The normalized spacial score (nSPS) is 9.52. The number of aromatic nitrogens is 6. The molecule has 6 aromatic rings. The van der Waals surface area contributed by atoms with Gasteiger partial charge in [0.1, 0.15) is 0 Å². The molecule has 0 atom stereocenters. The molecule has 0 bridgehead atoms. The maximum atomic E-state index is 11.2. The van der Waals surface area contributed by atoms with E-state index < -0.39 is 9.85 Å². The average molecular weight is 1320 g/mol. The molecule has 0 aromatic carbocycles. The molecule has 64 heavy (non-hydrogen) atoms. The van der Waals surface area contributed by atoms with Gasteiger partial charge in [-0.25, -0.2) is 19.9 Å². The molecule has 6 rings (SSSR count). The van der Waals surface area contributed by atoms with Gasteiger partial charge in [0.25, 0.3) is 0 Å². The van der Waals surface area contributed by atoms with Crippen LogP contribution in [0.3, 0.4) is 0 Å². The number of anilines is 1. The summed E-state index contributed by atoms with van der Waals surface area (Å²) in [6.07, 6.45) is 7.32. The Bertz CT molecular complexity index is 2230. The predicted molar refractivity (Wildman–Crippen MR) is 283 cm³/mol. The van der Waals surface area contributed by atoms with Crippen molar-refractivity contribution < 1.29 is 19.3 Å². The van der Waals surface area contributed by atoms with Gasteiger partial charge in [-0.1, -0.05) is 41.4 Å². The van der Waals surface area contributed by atoms with Crippen LogP contribution in [0, 0.1) is 27.2 Å². The summed E-state index contributed by atoms with van der Waals surface area (Å²) in [5.41, 5.74) is 4.58. The van der Waals surface area contributed by atoms with E-state index in [-0.39, 0.29) is 22.4 Å². The van der Waals surface area contributed by atoms with E-state index in [1.807, 2.05) is 44.3 Å². The number of pyridine rings is 2. The monoisotopic (exact) mass is 1310 g/mol. The van der Waals surface area contributed by atoms with Gasteiger partial charge in [0.15, 0.2) is 15.7 Å². The van der Waals surface area contributed by atoms with Crippen LogP contribution in [0.4, 0.5) is 17.2 Å². The summed E-state index contributed by atoms with van der Waals surface area (Å²) in [5.74, 6) is 0.900. The van der Waals surface area contributed by atoms with Crippen molar-refractivity contribution in [3.8, 4) is 11.8 Å². The van der Waals surface area contributed by atoms with Crippen molar-refractivity contribution in [1.29, 1.82) is 0 Å². The summed E-state index contributed by atoms with van der Waals surface area (Å²) < 4.78 is 16.1. The Hall–Kier alpha value is -2.16. The number of methoxy groups -OCH3 is 2. The maximum absolute atomic E-state index is 11.2. The SMILES string of the molecule is BrCc1cnc(Br)s1.CCN.CCN(Cc1cnc(Br)s1)c1nc(OC)ccc1[N+](=O)[O-].CCNCc1cnc(Br)s1.COc1ccc([N+](=O)[O-])c(Cl)n1.Cc1cnc(Br)s1.[B]=NS. The van der Waals surface area contributed by atoms with Crippen molar-refractivity contribution in [2.75, 3.05) is 38.8 Å². The van der Waals surface area contributed by atoms with Gasteiger partial charge in [0.2, 0.25) is 22.7 Å². The number of aryl methyl sites for hydroxylation is 1. The second kappa shape index (κ2) is 36.9. The molecule has 0 saturated heterocycles. The Kier molecular flexibility index (Phi) is 35.7. The summed E-state index contributed by atoms with van der Waals surface area (Å²) in [6.45, 7) is 11.7. The molecule has 18 nitrogen and oxygen atoms in total. The van der Waals surface area contributed by atoms with E-state index in [2.05, 4.69) is 147 Å². The number of nitrogens with two attached hydrogens (primary N) is 1. The molecule has 3 N–H and O–H groups in total. The molecule has 0 amide bonds. The van der Waals surface area contributed by atoms with Gasteiger partial charge in [-0.15, -0.1) is 45.3 Å². The van der Waals surface area contributed by atoms with E-state index in [1.165, 1.54) is 64.5 Å². The fraction of sp³-hybridized carbons (Fsp3) is 0.353. The third kappa shape index (κ3) is 26.9. The Morgan fingerprint density at radius 2 is 1.25 bits per heavy atom. The Labute approximate surface area is 440 Å². The standard InChI is InChI=1S/C12H13BrN4O3S.C6H9BrN2S.C6H5ClN2O3.C4H3Br2NS.C4H4BrNS.C2H7N.BHNS/c1-3-16(7-8-6-14-12(13)21-8)11-9(17(18)19)4-5-10(15-11)20-2;1-2-8-3-5-4-9-6(7)10-5;1-12-5-3-2-4(9(10)11)6(7)8-5;5-1-3-2-7-4(6)8-3;1-3-2-6-4(5)7-3;2*1-2-3/h4-6H,3,7H2,1-2H3;4,8H,2-3H2,1H3;2-3H,1H3;2H,1H2;2H,1H3;2-3H2,1H3;3H. The Morgan fingerprint density at radius 1 is 0.812 bits per heavy atom. The molecule has 349 valence electrons. The summed E-state index contributed by atoms with van der Waals surface area (Å²) >= 11 is 31.5. The summed E-state index contributed by atoms with van der Waals surface area (Å²) in [6, 6.07) is 5.52. The quantitative estimate of drug-likeness (QED) is 0.0258. The minimum absolute atomic E-state index is 0.0405. The van der Waals surface area contributed by atoms with Gasteiger partial charge in [-0.3, -0.25) is 20.2 Å². The molecule has 0 fully saturated rings. The van der Waals surface area contributed by atoms with E-state index in [0.717, 1.165) is 45.5 Å². The summed E-state index contributed by atoms with van der Waals surface area (Å²) in [4.78, 5) is 50.9. The van der Waals surface area contributed by atoms with E-state index in [9.17, 15) is 20.2 Å². The number of alkyl halides is 1. The van der Waals surface area contributed by atoms with Gasteiger partial charge < -0.3 is 25.4 Å². The molecule has 0 saturated carbocycles. The van der Waals surface area contributed by atoms with Crippen molar-refractivity contribution in [2.45, 2.75) is 46.1 Å². The van der Waals surface area contributed by atoms with Gasteiger partial charge >= 0.3 is 36.1 Å². The molecule has 0 aliphatic carbocycles. The third-order valence-electron chi connectivity index (χ3n) is 6.32. The van der Waals surface area contributed by atoms with Crippen molar-refractivity contribution in [1.82, 2.24) is 35.2 Å². The summed E-state index contributed by atoms with van der Waals surface area (Å²) in [5, 5.41) is 25.4. The van der Waals surface area contributed by atoms with E-state index in [1.54, 1.807) is 40.2 Å². The fourth-order valence-corrected chi connectivity index (χ4v) is 9.70. The molecular formula is C34H42BBr5ClN12O6S5. The van der Waals surface area contributed by atoms with E-state index in [0.29, 0.717) is 24.8 Å². The second-order valence-corrected chi connectivity index (χ2v) is 21.6. The van der Waals surface area contributed by atoms with Crippen molar-refractivity contribution in [3.63, 3.8) is 0 Å². The molecule has 6 aromatic heterocycles. The molecule has 6 heterocycles. The van der Waals surface area contributed by atoms with Crippen LogP contribution >= 0.6 is 149 Å². The Morgan fingerprint density at radius 3 is 1.58 bits per heavy atom. The van der Waals surface area contributed by atoms with Crippen LogP contribution in [0.5, 0.6) is 11.8 Å². The van der Waals surface area contributed by atoms with E-state index in [4.69, 9.17) is 26.8 Å². The molecule has 0 unspecified atom stereocenters. The first-order valence-corrected chi connectivity index (χ1v) is 26.0. The number of halogens is 6. The zero-order valence-corrected chi connectivity index (χ0v) is 47.6. The number of thiazole rings is 4. The van der Waals surface area contributed by atoms with Crippen LogP contribution in [0.1, 0.15) is 40.3 Å². The van der Waals surface area contributed by atoms with Crippen LogP contribution in [-0.2, 0) is 18.4 Å².